The molecule has 2 nitrogen and oxygen atoms in total. The van der Waals surface area contributed by atoms with Gasteiger partial charge < -0.3 is 4.74 Å². The van der Waals surface area contributed by atoms with E-state index < -0.39 is 0 Å². The summed E-state index contributed by atoms with van der Waals surface area (Å²) in [5.41, 5.74) is 2.89. The fourth-order valence-corrected chi connectivity index (χ4v) is 1.37. The van der Waals surface area contributed by atoms with Gasteiger partial charge in [0.2, 0.25) is 0 Å². The van der Waals surface area contributed by atoms with E-state index in [2.05, 4.69) is 18.1 Å². The summed E-state index contributed by atoms with van der Waals surface area (Å²) in [4.78, 5) is 4.30. The summed E-state index contributed by atoms with van der Waals surface area (Å²) in [5, 5.41) is 0. The van der Waals surface area contributed by atoms with Crippen molar-refractivity contribution in [2.24, 2.45) is 0 Å². The van der Waals surface area contributed by atoms with Gasteiger partial charge in [-0.2, -0.15) is 0 Å². The van der Waals surface area contributed by atoms with Crippen LogP contribution in [0.4, 0.5) is 0 Å². The monoisotopic (exact) mass is 229 g/mol. The van der Waals surface area contributed by atoms with Crippen LogP contribution < -0.4 is 0 Å². The van der Waals surface area contributed by atoms with Gasteiger partial charge in [0.1, 0.15) is 0 Å². The van der Waals surface area contributed by atoms with Crippen LogP contribution >= 0.6 is 0 Å². The average molecular weight is 229 g/mol. The minimum atomic E-state index is 0.254. The highest BCUT2D eigenvalue weighted by Crippen LogP contribution is 2.12. The van der Waals surface area contributed by atoms with E-state index in [9.17, 15) is 0 Å². The molecule has 0 saturated carbocycles. The van der Waals surface area contributed by atoms with Gasteiger partial charge >= 0.3 is 0 Å². The summed E-state index contributed by atoms with van der Waals surface area (Å²) in [6.45, 7) is 12.1. The SMILES string of the molecule is C=Cc1cc(/C=C/COC(C)C)cnc1C=C. The largest absolute Gasteiger partial charge is 0.375 e. The van der Waals surface area contributed by atoms with Gasteiger partial charge in [-0.05, 0) is 31.6 Å². The number of rotatable bonds is 6. The zero-order valence-electron chi connectivity index (χ0n) is 10.5. The lowest BCUT2D eigenvalue weighted by Gasteiger charge is -2.04. The Hall–Kier alpha value is -1.67. The molecule has 0 aliphatic rings. The third-order valence-electron chi connectivity index (χ3n) is 2.22. The lowest BCUT2D eigenvalue weighted by Crippen LogP contribution is -2.01. The van der Waals surface area contributed by atoms with Gasteiger partial charge in [-0.15, -0.1) is 0 Å². The number of hydrogen-bond acceptors (Lipinski definition) is 2. The van der Waals surface area contributed by atoms with Crippen LogP contribution in [0.3, 0.4) is 0 Å². The first-order chi connectivity index (χ1) is 8.17. The summed E-state index contributed by atoms with van der Waals surface area (Å²) in [7, 11) is 0. The van der Waals surface area contributed by atoms with Crippen molar-refractivity contribution in [3.8, 4) is 0 Å². The molecule has 1 aromatic heterocycles. The van der Waals surface area contributed by atoms with E-state index in [1.807, 2.05) is 38.3 Å². The quantitative estimate of drug-likeness (QED) is 0.740. The van der Waals surface area contributed by atoms with Crippen LogP contribution in [-0.2, 0) is 4.74 Å². The Bertz CT molecular complexity index is 419. The van der Waals surface area contributed by atoms with Crippen LogP contribution in [0.25, 0.3) is 18.2 Å². The molecule has 0 amide bonds. The number of ether oxygens (including phenoxy) is 1. The number of aromatic nitrogens is 1. The first kappa shape index (κ1) is 13.4. The number of nitrogens with zero attached hydrogens (tertiary/aromatic N) is 1. The van der Waals surface area contributed by atoms with Crippen LogP contribution in [-0.4, -0.2) is 17.7 Å². The van der Waals surface area contributed by atoms with E-state index >= 15 is 0 Å². The fraction of sp³-hybridized carbons (Fsp3) is 0.267. The van der Waals surface area contributed by atoms with Crippen LogP contribution in [0.5, 0.6) is 0 Å². The molecule has 1 heterocycles. The molecular weight excluding hydrogens is 210 g/mol. The topological polar surface area (TPSA) is 22.1 Å². The molecule has 0 unspecified atom stereocenters. The number of pyridine rings is 1. The molecule has 0 atom stereocenters. The van der Waals surface area contributed by atoms with Crippen LogP contribution in [0.2, 0.25) is 0 Å². The normalized spacial score (nSPS) is 11.0. The Balaban J connectivity index is 2.72. The Labute approximate surface area is 103 Å². The summed E-state index contributed by atoms with van der Waals surface area (Å²) in [6, 6.07) is 2.03. The summed E-state index contributed by atoms with van der Waals surface area (Å²) < 4.78 is 5.42. The standard InChI is InChI=1S/C15H19NO/c1-5-14-10-13(11-16-15(14)6-2)8-7-9-17-12(3)4/h5-8,10-12H,1-2,9H2,3-4H3/b8-7+. The minimum absolute atomic E-state index is 0.254. The van der Waals surface area contributed by atoms with Crippen molar-refractivity contribution in [2.45, 2.75) is 20.0 Å². The van der Waals surface area contributed by atoms with Gasteiger partial charge in [-0.1, -0.05) is 31.4 Å². The molecule has 0 aliphatic carbocycles. The first-order valence-electron chi connectivity index (χ1n) is 5.70. The van der Waals surface area contributed by atoms with Crippen molar-refractivity contribution in [1.29, 1.82) is 0 Å². The second kappa shape index (κ2) is 6.81. The summed E-state index contributed by atoms with van der Waals surface area (Å²) in [5.74, 6) is 0. The zero-order chi connectivity index (χ0) is 12.7. The van der Waals surface area contributed by atoms with Gasteiger partial charge in [-0.25, -0.2) is 0 Å². The Morgan fingerprint density at radius 1 is 1.35 bits per heavy atom. The lowest BCUT2D eigenvalue weighted by atomic mass is 10.1. The molecule has 1 rings (SSSR count). The molecule has 0 aromatic carbocycles. The second-order valence-corrected chi connectivity index (χ2v) is 3.94. The van der Waals surface area contributed by atoms with E-state index in [0.717, 1.165) is 16.8 Å². The molecule has 90 valence electrons. The molecule has 0 aliphatic heterocycles. The van der Waals surface area contributed by atoms with Gasteiger partial charge in [0.25, 0.3) is 0 Å². The highest BCUT2D eigenvalue weighted by molar-refractivity contribution is 5.64. The van der Waals surface area contributed by atoms with Crippen molar-refractivity contribution in [3.63, 3.8) is 0 Å². The molecule has 0 saturated heterocycles. The van der Waals surface area contributed by atoms with Gasteiger partial charge in [-0.3, -0.25) is 4.98 Å². The van der Waals surface area contributed by atoms with Crippen molar-refractivity contribution in [3.05, 3.63) is 48.3 Å². The van der Waals surface area contributed by atoms with Crippen molar-refractivity contribution in [1.82, 2.24) is 4.98 Å². The zero-order valence-corrected chi connectivity index (χ0v) is 10.5. The van der Waals surface area contributed by atoms with E-state index in [1.165, 1.54) is 0 Å². The van der Waals surface area contributed by atoms with Crippen molar-refractivity contribution >= 4 is 18.2 Å². The Morgan fingerprint density at radius 3 is 2.71 bits per heavy atom. The third kappa shape index (κ3) is 4.37. The van der Waals surface area contributed by atoms with Crippen molar-refractivity contribution in [2.75, 3.05) is 6.61 Å². The van der Waals surface area contributed by atoms with E-state index in [0.29, 0.717) is 6.61 Å². The van der Waals surface area contributed by atoms with Gasteiger partial charge in [0, 0.05) is 11.8 Å². The maximum Gasteiger partial charge on any atom is 0.0696 e. The average Bonchev–Trinajstić information content (AvgIpc) is 2.34. The smallest absolute Gasteiger partial charge is 0.0696 e. The molecule has 0 spiro atoms. The maximum atomic E-state index is 5.42. The third-order valence-corrected chi connectivity index (χ3v) is 2.22. The molecule has 2 heteroatoms. The minimum Gasteiger partial charge on any atom is -0.375 e. The van der Waals surface area contributed by atoms with Crippen LogP contribution in [0, 0.1) is 0 Å². The predicted molar refractivity (Wildman–Crippen MR) is 74.5 cm³/mol. The molecule has 0 bridgehead atoms. The maximum absolute atomic E-state index is 5.42. The Morgan fingerprint density at radius 2 is 2.12 bits per heavy atom. The molecule has 0 fully saturated rings. The van der Waals surface area contributed by atoms with Gasteiger partial charge in [0.15, 0.2) is 0 Å². The lowest BCUT2D eigenvalue weighted by molar-refractivity contribution is 0.103. The molecule has 1 aromatic rings. The summed E-state index contributed by atoms with van der Waals surface area (Å²) in [6.07, 6.45) is 9.56. The van der Waals surface area contributed by atoms with E-state index in [1.54, 1.807) is 12.2 Å². The van der Waals surface area contributed by atoms with Gasteiger partial charge in [0.05, 0.1) is 18.4 Å². The first-order valence-corrected chi connectivity index (χ1v) is 5.70. The van der Waals surface area contributed by atoms with Crippen LogP contribution in [0.1, 0.15) is 30.7 Å². The fourth-order valence-electron chi connectivity index (χ4n) is 1.37. The highest BCUT2D eigenvalue weighted by atomic mass is 16.5. The van der Waals surface area contributed by atoms with E-state index in [4.69, 9.17) is 4.74 Å². The van der Waals surface area contributed by atoms with Crippen molar-refractivity contribution < 1.29 is 4.74 Å². The second-order valence-electron chi connectivity index (χ2n) is 3.94. The molecular formula is C15H19NO. The van der Waals surface area contributed by atoms with Crippen LogP contribution in [0.15, 0.2) is 31.5 Å². The summed E-state index contributed by atoms with van der Waals surface area (Å²) >= 11 is 0. The Kier molecular flexibility index (Phi) is 5.37. The molecule has 17 heavy (non-hydrogen) atoms. The molecule has 0 radical (unpaired) electrons. The molecule has 0 N–H and O–H groups in total. The number of hydrogen-bond donors (Lipinski definition) is 0. The highest BCUT2D eigenvalue weighted by Gasteiger charge is 1.97. The predicted octanol–water partition coefficient (Wildman–Crippen LogP) is 3.81. The van der Waals surface area contributed by atoms with E-state index in [-0.39, 0.29) is 6.10 Å².